The maximum atomic E-state index is 12.2. The van der Waals surface area contributed by atoms with Crippen molar-refractivity contribution < 1.29 is 4.79 Å². The van der Waals surface area contributed by atoms with Gasteiger partial charge in [-0.25, -0.2) is 0 Å². The summed E-state index contributed by atoms with van der Waals surface area (Å²) in [6, 6.07) is 9.51. The highest BCUT2D eigenvalue weighted by molar-refractivity contribution is 6.08. The molecule has 2 rings (SSSR count). The molecule has 0 unspecified atom stereocenters. The topological polar surface area (TPSA) is 17.1 Å². The second kappa shape index (κ2) is 5.13. The van der Waals surface area contributed by atoms with E-state index in [9.17, 15) is 4.79 Å². The molecule has 0 fully saturated rings. The third-order valence-electron chi connectivity index (χ3n) is 3.25. The van der Waals surface area contributed by atoms with Crippen LogP contribution in [-0.4, -0.2) is 5.78 Å². The first kappa shape index (κ1) is 11.8. The van der Waals surface area contributed by atoms with Crippen molar-refractivity contribution in [1.82, 2.24) is 0 Å². The fourth-order valence-corrected chi connectivity index (χ4v) is 2.10. The molecule has 0 saturated heterocycles. The molecule has 0 saturated carbocycles. The lowest BCUT2D eigenvalue weighted by Gasteiger charge is -2.16. The summed E-state index contributed by atoms with van der Waals surface area (Å²) in [7, 11) is 0. The van der Waals surface area contributed by atoms with Crippen molar-refractivity contribution in [3.05, 3.63) is 59.2 Å². The number of carbonyl (C=O) groups is 1. The van der Waals surface area contributed by atoms with Gasteiger partial charge >= 0.3 is 0 Å². The van der Waals surface area contributed by atoms with E-state index in [0.29, 0.717) is 5.92 Å². The predicted molar refractivity (Wildman–Crippen MR) is 71.0 cm³/mol. The van der Waals surface area contributed by atoms with Crippen LogP contribution in [0.1, 0.15) is 37.0 Å². The summed E-state index contributed by atoms with van der Waals surface area (Å²) < 4.78 is 0. The predicted octanol–water partition coefficient (Wildman–Crippen LogP) is 4.17. The monoisotopic (exact) mass is 226 g/mol. The summed E-state index contributed by atoms with van der Waals surface area (Å²) in [5.41, 5.74) is 3.16. The lowest BCUT2D eigenvalue weighted by atomic mass is 9.88. The van der Waals surface area contributed by atoms with Crippen LogP contribution < -0.4 is 0 Å². The fraction of sp³-hybridized carbons (Fsp3) is 0.312. The molecule has 1 heteroatoms. The van der Waals surface area contributed by atoms with Crippen molar-refractivity contribution >= 4 is 5.78 Å². The van der Waals surface area contributed by atoms with Gasteiger partial charge in [0.05, 0.1) is 0 Å². The Kier molecular flexibility index (Phi) is 3.58. The first-order valence-electron chi connectivity index (χ1n) is 6.18. The molecule has 0 aliphatic heterocycles. The Labute approximate surface area is 103 Å². The van der Waals surface area contributed by atoms with Gasteiger partial charge in [-0.15, -0.1) is 0 Å². The van der Waals surface area contributed by atoms with Crippen LogP contribution in [0.5, 0.6) is 0 Å². The maximum Gasteiger partial charge on any atom is 0.189 e. The largest absolute Gasteiger partial charge is 0.289 e. The van der Waals surface area contributed by atoms with Crippen molar-refractivity contribution in [3.63, 3.8) is 0 Å². The van der Waals surface area contributed by atoms with Crippen molar-refractivity contribution in [1.29, 1.82) is 0 Å². The zero-order valence-corrected chi connectivity index (χ0v) is 10.4. The van der Waals surface area contributed by atoms with Crippen LogP contribution in [0.4, 0.5) is 0 Å². The Bertz CT molecular complexity index is 464. The molecule has 0 spiro atoms. The first-order valence-corrected chi connectivity index (χ1v) is 6.18. The van der Waals surface area contributed by atoms with Crippen molar-refractivity contribution in [3.8, 4) is 0 Å². The second-order valence-corrected chi connectivity index (χ2v) is 4.78. The minimum Gasteiger partial charge on any atom is -0.289 e. The summed E-state index contributed by atoms with van der Waals surface area (Å²) in [4.78, 5) is 12.2. The van der Waals surface area contributed by atoms with Crippen LogP contribution in [-0.2, 0) is 0 Å². The van der Waals surface area contributed by atoms with E-state index in [1.807, 2.05) is 36.4 Å². The number of ketones is 1. The molecule has 88 valence electrons. The number of allylic oxidation sites excluding steroid dienone is 4. The van der Waals surface area contributed by atoms with E-state index in [2.05, 4.69) is 19.9 Å². The molecular formula is C16H18O. The highest BCUT2D eigenvalue weighted by atomic mass is 16.1. The summed E-state index contributed by atoms with van der Waals surface area (Å²) in [5.74, 6) is 0.754. The molecule has 1 aromatic rings. The molecule has 1 nitrogen and oxygen atoms in total. The van der Waals surface area contributed by atoms with Crippen LogP contribution in [0.3, 0.4) is 0 Å². The molecule has 1 aromatic carbocycles. The Morgan fingerprint density at radius 1 is 1.06 bits per heavy atom. The van der Waals surface area contributed by atoms with Gasteiger partial charge in [0.1, 0.15) is 0 Å². The maximum absolute atomic E-state index is 12.2. The van der Waals surface area contributed by atoms with Crippen LogP contribution >= 0.6 is 0 Å². The lowest BCUT2D eigenvalue weighted by molar-refractivity contribution is 0.103. The molecule has 0 N–H and O–H groups in total. The van der Waals surface area contributed by atoms with Gasteiger partial charge in [0, 0.05) is 11.1 Å². The lowest BCUT2D eigenvalue weighted by Crippen LogP contribution is -2.08. The summed E-state index contributed by atoms with van der Waals surface area (Å²) in [6.45, 7) is 4.40. The number of carbonyl (C=O) groups excluding carboxylic acids is 1. The van der Waals surface area contributed by atoms with E-state index in [1.165, 1.54) is 5.57 Å². The average Bonchev–Trinajstić information content (AvgIpc) is 2.39. The summed E-state index contributed by atoms with van der Waals surface area (Å²) in [5, 5.41) is 0. The summed E-state index contributed by atoms with van der Waals surface area (Å²) >= 11 is 0. The fourth-order valence-electron chi connectivity index (χ4n) is 2.10. The minimum atomic E-state index is 0.171. The smallest absolute Gasteiger partial charge is 0.189 e. The molecule has 0 heterocycles. The number of benzene rings is 1. The number of hydrogen-bond acceptors (Lipinski definition) is 1. The minimum absolute atomic E-state index is 0.171. The zero-order valence-electron chi connectivity index (χ0n) is 10.4. The van der Waals surface area contributed by atoms with Crippen molar-refractivity contribution in [2.24, 2.45) is 5.92 Å². The van der Waals surface area contributed by atoms with E-state index in [-0.39, 0.29) is 5.78 Å². The molecule has 0 radical (unpaired) electrons. The van der Waals surface area contributed by atoms with Crippen LogP contribution in [0.2, 0.25) is 0 Å². The van der Waals surface area contributed by atoms with Gasteiger partial charge < -0.3 is 0 Å². The average molecular weight is 226 g/mol. The van der Waals surface area contributed by atoms with Gasteiger partial charge in [-0.1, -0.05) is 61.9 Å². The Morgan fingerprint density at radius 3 is 2.29 bits per heavy atom. The molecule has 0 bridgehead atoms. The second-order valence-electron chi connectivity index (χ2n) is 4.78. The van der Waals surface area contributed by atoms with Gasteiger partial charge in [0.2, 0.25) is 0 Å². The molecule has 1 aliphatic carbocycles. The van der Waals surface area contributed by atoms with Gasteiger partial charge in [-0.3, -0.25) is 4.79 Å². The van der Waals surface area contributed by atoms with E-state index >= 15 is 0 Å². The molecule has 17 heavy (non-hydrogen) atoms. The van der Waals surface area contributed by atoms with E-state index < -0.39 is 0 Å². The molecule has 1 aliphatic rings. The normalized spacial score (nSPS) is 15.5. The molecule has 0 aromatic heterocycles. The molecular weight excluding hydrogens is 208 g/mol. The Balaban J connectivity index is 2.18. The Morgan fingerprint density at radius 2 is 1.76 bits per heavy atom. The molecule has 0 atom stereocenters. The highest BCUT2D eigenvalue weighted by Crippen LogP contribution is 2.25. The zero-order chi connectivity index (χ0) is 12.3. The van der Waals surface area contributed by atoms with Gasteiger partial charge in [0.25, 0.3) is 0 Å². The highest BCUT2D eigenvalue weighted by Gasteiger charge is 2.15. The van der Waals surface area contributed by atoms with Gasteiger partial charge in [-0.05, 0) is 18.8 Å². The SMILES string of the molecule is CC(C)C1=CC=C(C(=O)c2ccccc2)CC1. The van der Waals surface area contributed by atoms with E-state index in [4.69, 9.17) is 0 Å². The standard InChI is InChI=1S/C16H18O/c1-12(2)13-8-10-15(11-9-13)16(17)14-6-4-3-5-7-14/h3-8,10,12H,9,11H2,1-2H3. The van der Waals surface area contributed by atoms with Crippen LogP contribution in [0.15, 0.2) is 53.6 Å². The summed E-state index contributed by atoms with van der Waals surface area (Å²) in [6.07, 6.45) is 6.00. The third kappa shape index (κ3) is 2.73. The third-order valence-corrected chi connectivity index (χ3v) is 3.25. The van der Waals surface area contributed by atoms with Crippen LogP contribution in [0.25, 0.3) is 0 Å². The number of hydrogen-bond donors (Lipinski definition) is 0. The van der Waals surface area contributed by atoms with Crippen molar-refractivity contribution in [2.45, 2.75) is 26.7 Å². The number of Topliss-reactive ketones (excluding diaryl/α,β-unsaturated/α-hetero) is 1. The van der Waals surface area contributed by atoms with E-state index in [0.717, 1.165) is 24.0 Å². The quantitative estimate of drug-likeness (QED) is 0.707. The molecule has 0 amide bonds. The van der Waals surface area contributed by atoms with Gasteiger partial charge in [-0.2, -0.15) is 0 Å². The first-order chi connectivity index (χ1) is 8.18. The van der Waals surface area contributed by atoms with Gasteiger partial charge in [0.15, 0.2) is 5.78 Å². The van der Waals surface area contributed by atoms with Crippen molar-refractivity contribution in [2.75, 3.05) is 0 Å². The van der Waals surface area contributed by atoms with Crippen LogP contribution in [0, 0.1) is 5.92 Å². The van der Waals surface area contributed by atoms with E-state index in [1.54, 1.807) is 0 Å². The Hall–Kier alpha value is -1.63. The number of rotatable bonds is 3.